The minimum Gasteiger partial charge on any atom is -0.381 e. The molecule has 0 saturated carbocycles. The van der Waals surface area contributed by atoms with Gasteiger partial charge in [-0.2, -0.15) is 0 Å². The van der Waals surface area contributed by atoms with Crippen LogP contribution >= 0.6 is 15.9 Å². The SMILES string of the molecule is CCc1ccccc1CNc1ccc(Br)c(C)c1. The van der Waals surface area contributed by atoms with Gasteiger partial charge in [0, 0.05) is 16.7 Å². The highest BCUT2D eigenvalue weighted by molar-refractivity contribution is 9.10. The van der Waals surface area contributed by atoms with Crippen molar-refractivity contribution in [3.05, 3.63) is 63.6 Å². The van der Waals surface area contributed by atoms with Gasteiger partial charge >= 0.3 is 0 Å². The molecule has 0 bridgehead atoms. The van der Waals surface area contributed by atoms with Gasteiger partial charge in [0.05, 0.1) is 0 Å². The van der Waals surface area contributed by atoms with Gasteiger partial charge in [0.1, 0.15) is 0 Å². The number of nitrogens with one attached hydrogen (secondary N) is 1. The Bertz CT molecular complexity index is 534. The van der Waals surface area contributed by atoms with Crippen LogP contribution in [0, 0.1) is 6.92 Å². The largest absolute Gasteiger partial charge is 0.381 e. The lowest BCUT2D eigenvalue weighted by Gasteiger charge is -2.11. The first kappa shape index (κ1) is 13.2. The monoisotopic (exact) mass is 303 g/mol. The molecule has 18 heavy (non-hydrogen) atoms. The van der Waals surface area contributed by atoms with Crippen molar-refractivity contribution in [2.45, 2.75) is 26.8 Å². The molecule has 0 fully saturated rings. The zero-order valence-electron chi connectivity index (χ0n) is 10.8. The molecule has 1 N–H and O–H groups in total. The van der Waals surface area contributed by atoms with Crippen molar-refractivity contribution in [2.75, 3.05) is 5.32 Å². The average molecular weight is 304 g/mol. The molecule has 0 amide bonds. The molecule has 0 spiro atoms. The van der Waals surface area contributed by atoms with Crippen LogP contribution in [0.25, 0.3) is 0 Å². The summed E-state index contributed by atoms with van der Waals surface area (Å²) < 4.78 is 1.15. The van der Waals surface area contributed by atoms with Gasteiger partial charge < -0.3 is 5.32 Å². The van der Waals surface area contributed by atoms with Crippen LogP contribution in [-0.2, 0) is 13.0 Å². The van der Waals surface area contributed by atoms with Gasteiger partial charge in [0.2, 0.25) is 0 Å². The second kappa shape index (κ2) is 6.05. The van der Waals surface area contributed by atoms with Crippen molar-refractivity contribution in [1.29, 1.82) is 0 Å². The Labute approximate surface area is 117 Å². The molecule has 94 valence electrons. The van der Waals surface area contributed by atoms with E-state index in [2.05, 4.69) is 77.6 Å². The van der Waals surface area contributed by atoms with Gasteiger partial charge in [-0.15, -0.1) is 0 Å². The number of rotatable bonds is 4. The predicted molar refractivity (Wildman–Crippen MR) is 82.0 cm³/mol. The molecular formula is C16H18BrN. The Morgan fingerprint density at radius 3 is 2.44 bits per heavy atom. The van der Waals surface area contributed by atoms with Gasteiger partial charge in [-0.05, 0) is 48.2 Å². The molecule has 0 saturated heterocycles. The molecule has 0 radical (unpaired) electrons. The van der Waals surface area contributed by atoms with Crippen LogP contribution in [0.5, 0.6) is 0 Å². The molecule has 0 aliphatic rings. The Morgan fingerprint density at radius 1 is 1.06 bits per heavy atom. The molecule has 2 aromatic rings. The van der Waals surface area contributed by atoms with Crippen molar-refractivity contribution in [2.24, 2.45) is 0 Å². The van der Waals surface area contributed by atoms with E-state index in [1.165, 1.54) is 22.4 Å². The highest BCUT2D eigenvalue weighted by Gasteiger charge is 2.01. The summed E-state index contributed by atoms with van der Waals surface area (Å²) in [4.78, 5) is 0. The summed E-state index contributed by atoms with van der Waals surface area (Å²) in [7, 11) is 0. The van der Waals surface area contributed by atoms with Crippen molar-refractivity contribution < 1.29 is 0 Å². The molecule has 0 aliphatic carbocycles. The maximum Gasteiger partial charge on any atom is 0.0403 e. The van der Waals surface area contributed by atoms with E-state index in [4.69, 9.17) is 0 Å². The van der Waals surface area contributed by atoms with Crippen LogP contribution in [0.15, 0.2) is 46.9 Å². The number of hydrogen-bond acceptors (Lipinski definition) is 1. The molecular weight excluding hydrogens is 286 g/mol. The summed E-state index contributed by atoms with van der Waals surface area (Å²) in [5.41, 5.74) is 5.21. The lowest BCUT2D eigenvalue weighted by Crippen LogP contribution is -2.02. The first-order valence-electron chi connectivity index (χ1n) is 6.27. The minimum atomic E-state index is 0.880. The molecule has 1 nitrogen and oxygen atoms in total. The molecule has 0 heterocycles. The normalized spacial score (nSPS) is 10.4. The molecule has 0 unspecified atom stereocenters. The van der Waals surface area contributed by atoms with E-state index >= 15 is 0 Å². The summed E-state index contributed by atoms with van der Waals surface area (Å²) in [6.45, 7) is 5.18. The number of anilines is 1. The highest BCUT2D eigenvalue weighted by Crippen LogP contribution is 2.21. The maximum atomic E-state index is 3.52. The van der Waals surface area contributed by atoms with E-state index in [0.717, 1.165) is 17.4 Å². The zero-order chi connectivity index (χ0) is 13.0. The van der Waals surface area contributed by atoms with Crippen LogP contribution in [0.3, 0.4) is 0 Å². The number of halogens is 1. The second-order valence-electron chi connectivity index (χ2n) is 4.44. The number of aryl methyl sites for hydroxylation is 2. The standard InChI is InChI=1S/C16H18BrN/c1-3-13-6-4-5-7-14(13)11-18-15-8-9-16(17)12(2)10-15/h4-10,18H,3,11H2,1-2H3. The van der Waals surface area contributed by atoms with E-state index in [0.29, 0.717) is 0 Å². The summed E-state index contributed by atoms with van der Waals surface area (Å²) in [6.07, 6.45) is 1.08. The molecule has 2 rings (SSSR count). The number of hydrogen-bond donors (Lipinski definition) is 1. The van der Waals surface area contributed by atoms with E-state index in [9.17, 15) is 0 Å². The average Bonchev–Trinajstić information content (AvgIpc) is 2.40. The summed E-state index contributed by atoms with van der Waals surface area (Å²) in [5.74, 6) is 0. The first-order valence-corrected chi connectivity index (χ1v) is 7.07. The van der Waals surface area contributed by atoms with Gasteiger partial charge in [-0.1, -0.05) is 47.1 Å². The third kappa shape index (κ3) is 3.14. The van der Waals surface area contributed by atoms with Crippen molar-refractivity contribution in [3.63, 3.8) is 0 Å². The van der Waals surface area contributed by atoms with Gasteiger partial charge in [0.15, 0.2) is 0 Å². The van der Waals surface area contributed by atoms with Gasteiger partial charge in [-0.25, -0.2) is 0 Å². The summed E-state index contributed by atoms with van der Waals surface area (Å²) >= 11 is 3.52. The van der Waals surface area contributed by atoms with Crippen LogP contribution in [0.2, 0.25) is 0 Å². The highest BCUT2D eigenvalue weighted by atomic mass is 79.9. The lowest BCUT2D eigenvalue weighted by molar-refractivity contribution is 1.04. The molecule has 2 heteroatoms. The van der Waals surface area contributed by atoms with E-state index in [-0.39, 0.29) is 0 Å². The fourth-order valence-electron chi connectivity index (χ4n) is 2.03. The smallest absolute Gasteiger partial charge is 0.0403 e. The maximum absolute atomic E-state index is 3.52. The number of benzene rings is 2. The second-order valence-corrected chi connectivity index (χ2v) is 5.29. The van der Waals surface area contributed by atoms with E-state index in [1.54, 1.807) is 0 Å². The minimum absolute atomic E-state index is 0.880. The molecule has 0 atom stereocenters. The van der Waals surface area contributed by atoms with Crippen molar-refractivity contribution >= 4 is 21.6 Å². The predicted octanol–water partition coefficient (Wildman–Crippen LogP) is 4.93. The summed E-state index contributed by atoms with van der Waals surface area (Å²) in [5, 5.41) is 3.48. The van der Waals surface area contributed by atoms with E-state index in [1.807, 2.05) is 0 Å². The fraction of sp³-hybridized carbons (Fsp3) is 0.250. The van der Waals surface area contributed by atoms with Gasteiger partial charge in [-0.3, -0.25) is 0 Å². The van der Waals surface area contributed by atoms with E-state index < -0.39 is 0 Å². The Morgan fingerprint density at radius 2 is 1.78 bits per heavy atom. The third-order valence-electron chi connectivity index (χ3n) is 3.14. The zero-order valence-corrected chi connectivity index (χ0v) is 12.4. The quantitative estimate of drug-likeness (QED) is 0.844. The lowest BCUT2D eigenvalue weighted by atomic mass is 10.1. The Kier molecular flexibility index (Phi) is 4.43. The first-order chi connectivity index (χ1) is 8.70. The summed E-state index contributed by atoms with van der Waals surface area (Å²) in [6, 6.07) is 14.9. The fourth-order valence-corrected chi connectivity index (χ4v) is 2.27. The van der Waals surface area contributed by atoms with Crippen LogP contribution in [0.4, 0.5) is 5.69 Å². The Hall–Kier alpha value is -1.28. The molecule has 2 aromatic carbocycles. The Balaban J connectivity index is 2.09. The molecule has 0 aromatic heterocycles. The molecule has 0 aliphatic heterocycles. The van der Waals surface area contributed by atoms with Crippen LogP contribution < -0.4 is 5.32 Å². The van der Waals surface area contributed by atoms with Crippen LogP contribution in [0.1, 0.15) is 23.6 Å². The van der Waals surface area contributed by atoms with Crippen molar-refractivity contribution in [1.82, 2.24) is 0 Å². The van der Waals surface area contributed by atoms with Crippen LogP contribution in [-0.4, -0.2) is 0 Å². The topological polar surface area (TPSA) is 12.0 Å². The van der Waals surface area contributed by atoms with Gasteiger partial charge in [0.25, 0.3) is 0 Å². The van der Waals surface area contributed by atoms with Crippen molar-refractivity contribution in [3.8, 4) is 0 Å². The third-order valence-corrected chi connectivity index (χ3v) is 4.03.